The van der Waals surface area contributed by atoms with Crippen molar-refractivity contribution in [1.82, 2.24) is 9.88 Å². The van der Waals surface area contributed by atoms with Crippen LogP contribution in [0.2, 0.25) is 0 Å². The second-order valence-electron chi connectivity index (χ2n) is 5.59. The Bertz CT molecular complexity index is 977. The lowest BCUT2D eigenvalue weighted by Gasteiger charge is -2.10. The molecule has 0 aliphatic carbocycles. The van der Waals surface area contributed by atoms with Crippen LogP contribution < -0.4 is 14.9 Å². The van der Waals surface area contributed by atoms with Crippen LogP contribution in [0.1, 0.15) is 25.8 Å². The van der Waals surface area contributed by atoms with Gasteiger partial charge in [0, 0.05) is 15.0 Å². The van der Waals surface area contributed by atoms with Crippen LogP contribution in [0, 0.1) is 6.92 Å². The third-order valence-corrected chi connectivity index (χ3v) is 6.66. The lowest BCUT2D eigenvalue weighted by molar-refractivity contribution is 0.0954. The summed E-state index contributed by atoms with van der Waals surface area (Å²) in [5.41, 5.74) is 1.58. The number of carbonyl (C=O) groups is 1. The fraction of sp³-hybridized carbons (Fsp3) is 0.222. The van der Waals surface area contributed by atoms with E-state index in [9.17, 15) is 9.59 Å². The molecule has 0 atom stereocenters. The quantitative estimate of drug-likeness (QED) is 0.613. The van der Waals surface area contributed by atoms with Crippen molar-refractivity contribution in [1.29, 1.82) is 0 Å². The van der Waals surface area contributed by atoms with E-state index in [1.807, 2.05) is 35.7 Å². The van der Waals surface area contributed by atoms with E-state index >= 15 is 0 Å². The number of aromatic nitrogens is 1. The first-order valence-electron chi connectivity index (χ1n) is 7.83. The molecule has 8 heteroatoms. The number of thiazole rings is 1. The summed E-state index contributed by atoms with van der Waals surface area (Å²) in [6.45, 7) is 2.63. The Labute approximate surface area is 167 Å². The van der Waals surface area contributed by atoms with Gasteiger partial charge in [-0.15, -0.1) is 11.3 Å². The van der Waals surface area contributed by atoms with Crippen LogP contribution in [0.25, 0.3) is 0 Å². The standard InChI is InChI=1S/C18H17BrN2O3S2/c1-11-16(17(22)20-9-14-4-3-7-25-14)26-18(23)21(11)10-12-8-13(24-2)5-6-15(12)19/h3-8H,9-10H2,1-2H3,(H,20,22). The first kappa shape index (κ1) is 18.9. The first-order valence-corrected chi connectivity index (χ1v) is 10.3. The van der Waals surface area contributed by atoms with Gasteiger partial charge in [0.2, 0.25) is 0 Å². The van der Waals surface area contributed by atoms with Crippen LogP contribution in [0.5, 0.6) is 5.75 Å². The summed E-state index contributed by atoms with van der Waals surface area (Å²) in [6, 6.07) is 9.52. The molecule has 2 heterocycles. The van der Waals surface area contributed by atoms with Gasteiger partial charge in [-0.25, -0.2) is 0 Å². The van der Waals surface area contributed by atoms with Crippen LogP contribution in [-0.2, 0) is 13.1 Å². The number of ether oxygens (including phenoxy) is 1. The van der Waals surface area contributed by atoms with Gasteiger partial charge in [0.1, 0.15) is 10.6 Å². The molecule has 0 saturated heterocycles. The Hall–Kier alpha value is -1.90. The number of halogens is 1. The van der Waals surface area contributed by atoms with E-state index in [1.54, 1.807) is 29.9 Å². The van der Waals surface area contributed by atoms with Crippen molar-refractivity contribution in [3.8, 4) is 5.75 Å². The van der Waals surface area contributed by atoms with Crippen molar-refractivity contribution < 1.29 is 9.53 Å². The Morgan fingerprint density at radius 2 is 2.15 bits per heavy atom. The number of carbonyl (C=O) groups excluding carboxylic acids is 1. The third-order valence-electron chi connectivity index (χ3n) is 3.93. The zero-order chi connectivity index (χ0) is 18.7. The second kappa shape index (κ2) is 8.20. The number of methoxy groups -OCH3 is 1. The fourth-order valence-electron chi connectivity index (χ4n) is 2.50. The minimum Gasteiger partial charge on any atom is -0.497 e. The van der Waals surface area contributed by atoms with Crippen molar-refractivity contribution >= 4 is 44.5 Å². The number of hydrogen-bond donors (Lipinski definition) is 1. The fourth-order valence-corrected chi connectivity index (χ4v) is 4.43. The molecule has 1 amide bonds. The molecular weight excluding hydrogens is 436 g/mol. The van der Waals surface area contributed by atoms with Crippen LogP contribution in [-0.4, -0.2) is 17.6 Å². The normalized spacial score (nSPS) is 10.7. The van der Waals surface area contributed by atoms with Crippen molar-refractivity contribution in [2.24, 2.45) is 0 Å². The van der Waals surface area contributed by atoms with E-state index < -0.39 is 0 Å². The maximum absolute atomic E-state index is 12.5. The molecule has 0 saturated carbocycles. The number of nitrogens with zero attached hydrogens (tertiary/aromatic N) is 1. The van der Waals surface area contributed by atoms with Crippen molar-refractivity contribution in [3.63, 3.8) is 0 Å². The molecule has 1 N–H and O–H groups in total. The molecule has 0 fully saturated rings. The monoisotopic (exact) mass is 452 g/mol. The number of benzene rings is 1. The maximum Gasteiger partial charge on any atom is 0.308 e. The molecule has 0 bridgehead atoms. The Balaban J connectivity index is 1.82. The molecule has 26 heavy (non-hydrogen) atoms. The van der Waals surface area contributed by atoms with Crippen molar-refractivity contribution in [3.05, 3.63) is 70.9 Å². The minimum absolute atomic E-state index is 0.154. The lowest BCUT2D eigenvalue weighted by Crippen LogP contribution is -2.22. The van der Waals surface area contributed by atoms with Crippen molar-refractivity contribution in [2.75, 3.05) is 7.11 Å². The van der Waals surface area contributed by atoms with E-state index in [-0.39, 0.29) is 10.8 Å². The molecule has 0 unspecified atom stereocenters. The van der Waals surface area contributed by atoms with E-state index in [2.05, 4.69) is 21.2 Å². The molecule has 2 aromatic heterocycles. The average Bonchev–Trinajstić information content (AvgIpc) is 3.25. The van der Waals surface area contributed by atoms with Gasteiger partial charge in [0.25, 0.3) is 5.91 Å². The smallest absolute Gasteiger partial charge is 0.308 e. The number of amides is 1. The molecule has 3 rings (SSSR count). The second-order valence-corrected chi connectivity index (χ2v) is 8.44. The van der Waals surface area contributed by atoms with Gasteiger partial charge in [0.15, 0.2) is 0 Å². The Morgan fingerprint density at radius 3 is 2.85 bits per heavy atom. The number of thiophene rings is 1. The summed E-state index contributed by atoms with van der Waals surface area (Å²) >= 11 is 6.06. The third kappa shape index (κ3) is 4.08. The highest BCUT2D eigenvalue weighted by atomic mass is 79.9. The van der Waals surface area contributed by atoms with E-state index in [4.69, 9.17) is 4.74 Å². The van der Waals surface area contributed by atoms with Crippen LogP contribution in [0.4, 0.5) is 0 Å². The summed E-state index contributed by atoms with van der Waals surface area (Å²) < 4.78 is 7.75. The summed E-state index contributed by atoms with van der Waals surface area (Å²) in [4.78, 5) is 26.3. The van der Waals surface area contributed by atoms with E-state index in [0.717, 1.165) is 32.0 Å². The Kier molecular flexibility index (Phi) is 5.95. The molecule has 0 aliphatic heterocycles. The number of hydrogen-bond acceptors (Lipinski definition) is 5. The van der Waals surface area contributed by atoms with Gasteiger partial charge in [0.05, 0.1) is 20.2 Å². The van der Waals surface area contributed by atoms with Gasteiger partial charge in [-0.2, -0.15) is 0 Å². The summed E-state index contributed by atoms with van der Waals surface area (Å²) in [5, 5.41) is 4.84. The average molecular weight is 453 g/mol. The van der Waals surface area contributed by atoms with Gasteiger partial charge < -0.3 is 10.1 Å². The van der Waals surface area contributed by atoms with Crippen LogP contribution in [0.3, 0.4) is 0 Å². The lowest BCUT2D eigenvalue weighted by atomic mass is 10.2. The van der Waals surface area contributed by atoms with Crippen LogP contribution >= 0.6 is 38.6 Å². The number of nitrogens with one attached hydrogen (secondary N) is 1. The van der Waals surface area contributed by atoms with Gasteiger partial charge in [-0.1, -0.05) is 33.3 Å². The molecule has 136 valence electrons. The topological polar surface area (TPSA) is 60.3 Å². The van der Waals surface area contributed by atoms with Gasteiger partial charge >= 0.3 is 4.87 Å². The Morgan fingerprint density at radius 1 is 1.35 bits per heavy atom. The highest BCUT2D eigenvalue weighted by molar-refractivity contribution is 9.10. The predicted octanol–water partition coefficient (Wildman–Crippen LogP) is 4.03. The van der Waals surface area contributed by atoms with Gasteiger partial charge in [-0.05, 0) is 42.1 Å². The minimum atomic E-state index is -0.221. The molecule has 5 nitrogen and oxygen atoms in total. The van der Waals surface area contributed by atoms with E-state index in [0.29, 0.717) is 23.7 Å². The molecule has 0 spiro atoms. The van der Waals surface area contributed by atoms with Gasteiger partial charge in [-0.3, -0.25) is 14.2 Å². The summed E-state index contributed by atoms with van der Waals surface area (Å²) in [7, 11) is 1.60. The highest BCUT2D eigenvalue weighted by Gasteiger charge is 2.18. The summed E-state index contributed by atoms with van der Waals surface area (Å²) in [6.07, 6.45) is 0. The molecule has 3 aromatic rings. The molecule has 0 radical (unpaired) electrons. The molecular formula is C18H17BrN2O3S2. The molecule has 0 aliphatic rings. The van der Waals surface area contributed by atoms with Crippen molar-refractivity contribution in [2.45, 2.75) is 20.0 Å². The number of rotatable bonds is 6. The largest absolute Gasteiger partial charge is 0.497 e. The highest BCUT2D eigenvalue weighted by Crippen LogP contribution is 2.24. The predicted molar refractivity (Wildman–Crippen MR) is 109 cm³/mol. The SMILES string of the molecule is COc1ccc(Br)c(Cn2c(C)c(C(=O)NCc3cccs3)sc2=O)c1. The first-order chi connectivity index (χ1) is 12.5. The zero-order valence-corrected chi connectivity index (χ0v) is 17.5. The van der Waals surface area contributed by atoms with E-state index in [1.165, 1.54) is 0 Å². The zero-order valence-electron chi connectivity index (χ0n) is 14.2. The maximum atomic E-state index is 12.5. The molecule has 1 aromatic carbocycles. The summed E-state index contributed by atoms with van der Waals surface area (Å²) in [5.74, 6) is 0.500. The van der Waals surface area contributed by atoms with Crippen LogP contribution in [0.15, 0.2) is 45.0 Å².